The Hall–Kier alpha value is -1.42. The van der Waals surface area contributed by atoms with E-state index in [4.69, 9.17) is 0 Å². The van der Waals surface area contributed by atoms with Crippen molar-refractivity contribution in [1.29, 1.82) is 0 Å². The molecule has 2 rings (SSSR count). The van der Waals surface area contributed by atoms with Crippen molar-refractivity contribution in [3.63, 3.8) is 0 Å². The van der Waals surface area contributed by atoms with Crippen LogP contribution in [0.3, 0.4) is 0 Å². The van der Waals surface area contributed by atoms with E-state index in [1.54, 1.807) is 6.20 Å². The highest BCUT2D eigenvalue weighted by atomic mass is 16.2. The molecule has 20 heavy (non-hydrogen) atoms. The lowest BCUT2D eigenvalue weighted by atomic mass is 9.91. The Balaban J connectivity index is 2.00. The lowest BCUT2D eigenvalue weighted by Gasteiger charge is -2.27. The standard InChI is InChI=1S/C16H25N3O/c1-3-8-16(9-6-11-19-16)15(20)18-12-14-13(4-2)7-5-10-17-14/h5,7,10,19H,3-4,6,8-9,11-12H2,1-2H3,(H,18,20). The van der Waals surface area contributed by atoms with Gasteiger partial charge in [0.25, 0.3) is 0 Å². The molecular weight excluding hydrogens is 250 g/mol. The van der Waals surface area contributed by atoms with Gasteiger partial charge in [0.15, 0.2) is 0 Å². The minimum Gasteiger partial charge on any atom is -0.349 e. The lowest BCUT2D eigenvalue weighted by molar-refractivity contribution is -0.127. The normalized spacial score (nSPS) is 21.9. The van der Waals surface area contributed by atoms with Gasteiger partial charge in [0.2, 0.25) is 5.91 Å². The van der Waals surface area contributed by atoms with Crippen molar-refractivity contribution in [2.75, 3.05) is 6.54 Å². The largest absolute Gasteiger partial charge is 0.349 e. The monoisotopic (exact) mass is 275 g/mol. The minimum absolute atomic E-state index is 0.129. The zero-order chi connectivity index (χ0) is 14.4. The van der Waals surface area contributed by atoms with Crippen molar-refractivity contribution in [3.05, 3.63) is 29.6 Å². The average Bonchev–Trinajstić information content (AvgIpc) is 2.95. The molecule has 110 valence electrons. The number of hydrogen-bond donors (Lipinski definition) is 2. The summed E-state index contributed by atoms with van der Waals surface area (Å²) in [5.41, 5.74) is 1.83. The Kier molecular flexibility index (Phi) is 5.12. The zero-order valence-corrected chi connectivity index (χ0v) is 12.5. The Morgan fingerprint density at radius 2 is 2.35 bits per heavy atom. The fraction of sp³-hybridized carbons (Fsp3) is 0.625. The molecule has 1 aliphatic rings. The van der Waals surface area contributed by atoms with Crippen LogP contribution in [0.1, 0.15) is 50.8 Å². The van der Waals surface area contributed by atoms with Crippen LogP contribution in [0.15, 0.2) is 18.3 Å². The Morgan fingerprint density at radius 1 is 1.50 bits per heavy atom. The van der Waals surface area contributed by atoms with Crippen LogP contribution < -0.4 is 10.6 Å². The first kappa shape index (κ1) is 15.0. The predicted molar refractivity (Wildman–Crippen MR) is 80.3 cm³/mol. The summed E-state index contributed by atoms with van der Waals surface area (Å²) >= 11 is 0. The third-order valence-electron chi connectivity index (χ3n) is 4.14. The third-order valence-corrected chi connectivity index (χ3v) is 4.14. The van der Waals surface area contributed by atoms with Crippen LogP contribution in [-0.2, 0) is 17.8 Å². The van der Waals surface area contributed by atoms with E-state index in [-0.39, 0.29) is 11.4 Å². The number of aryl methyl sites for hydroxylation is 1. The second-order valence-corrected chi connectivity index (χ2v) is 5.51. The summed E-state index contributed by atoms with van der Waals surface area (Å²) in [6, 6.07) is 4.02. The molecule has 1 aromatic rings. The van der Waals surface area contributed by atoms with Crippen molar-refractivity contribution in [1.82, 2.24) is 15.6 Å². The topological polar surface area (TPSA) is 54.0 Å². The molecule has 1 unspecified atom stereocenters. The first-order valence-electron chi connectivity index (χ1n) is 7.68. The molecule has 2 N–H and O–H groups in total. The molecular formula is C16H25N3O. The number of pyridine rings is 1. The van der Waals surface area contributed by atoms with Crippen molar-refractivity contribution in [2.24, 2.45) is 0 Å². The number of carbonyl (C=O) groups excluding carboxylic acids is 1. The second kappa shape index (κ2) is 6.84. The number of aromatic nitrogens is 1. The number of rotatable bonds is 6. The first-order chi connectivity index (χ1) is 9.72. The average molecular weight is 275 g/mol. The lowest BCUT2D eigenvalue weighted by Crippen LogP contribution is -2.53. The van der Waals surface area contributed by atoms with Crippen LogP contribution in [0.2, 0.25) is 0 Å². The van der Waals surface area contributed by atoms with E-state index < -0.39 is 0 Å². The third kappa shape index (κ3) is 3.18. The summed E-state index contributed by atoms with van der Waals surface area (Å²) < 4.78 is 0. The van der Waals surface area contributed by atoms with Crippen LogP contribution in [0.5, 0.6) is 0 Å². The molecule has 4 heteroatoms. The fourth-order valence-corrected chi connectivity index (χ4v) is 3.04. The molecule has 0 aliphatic carbocycles. The maximum absolute atomic E-state index is 12.5. The molecule has 1 aromatic heterocycles. The summed E-state index contributed by atoms with van der Waals surface area (Å²) in [5.74, 6) is 0.129. The minimum atomic E-state index is -0.351. The van der Waals surface area contributed by atoms with Gasteiger partial charge in [0.1, 0.15) is 0 Å². The Bertz CT molecular complexity index is 453. The van der Waals surface area contributed by atoms with E-state index in [0.717, 1.165) is 44.3 Å². The van der Waals surface area contributed by atoms with E-state index in [1.165, 1.54) is 5.56 Å². The van der Waals surface area contributed by atoms with Gasteiger partial charge in [-0.2, -0.15) is 0 Å². The van der Waals surface area contributed by atoms with Crippen LogP contribution in [-0.4, -0.2) is 23.0 Å². The number of hydrogen-bond acceptors (Lipinski definition) is 3. The van der Waals surface area contributed by atoms with Gasteiger partial charge in [0.05, 0.1) is 17.8 Å². The number of amides is 1. The Morgan fingerprint density at radius 3 is 3.00 bits per heavy atom. The van der Waals surface area contributed by atoms with Crippen LogP contribution in [0.4, 0.5) is 0 Å². The summed E-state index contributed by atoms with van der Waals surface area (Å²) in [7, 11) is 0. The molecule has 0 aromatic carbocycles. The maximum atomic E-state index is 12.5. The van der Waals surface area contributed by atoms with Crippen LogP contribution in [0.25, 0.3) is 0 Å². The van der Waals surface area contributed by atoms with Gasteiger partial charge in [-0.05, 0) is 43.9 Å². The predicted octanol–water partition coefficient (Wildman–Crippen LogP) is 2.18. The number of nitrogens with one attached hydrogen (secondary N) is 2. The Labute approximate surface area is 121 Å². The van der Waals surface area contributed by atoms with Gasteiger partial charge in [-0.1, -0.05) is 26.3 Å². The van der Waals surface area contributed by atoms with Crippen molar-refractivity contribution < 1.29 is 4.79 Å². The molecule has 1 atom stereocenters. The summed E-state index contributed by atoms with van der Waals surface area (Å²) in [5, 5.41) is 6.48. The van der Waals surface area contributed by atoms with E-state index in [0.29, 0.717) is 6.54 Å². The van der Waals surface area contributed by atoms with Crippen molar-refractivity contribution >= 4 is 5.91 Å². The number of nitrogens with zero attached hydrogens (tertiary/aromatic N) is 1. The van der Waals surface area contributed by atoms with Crippen LogP contribution in [0, 0.1) is 0 Å². The van der Waals surface area contributed by atoms with E-state index in [2.05, 4.69) is 35.5 Å². The molecule has 1 amide bonds. The van der Waals surface area contributed by atoms with E-state index >= 15 is 0 Å². The van der Waals surface area contributed by atoms with Crippen molar-refractivity contribution in [2.45, 2.75) is 58.0 Å². The molecule has 0 saturated carbocycles. The van der Waals surface area contributed by atoms with Gasteiger partial charge >= 0.3 is 0 Å². The molecule has 0 bridgehead atoms. The molecule has 4 nitrogen and oxygen atoms in total. The van der Waals surface area contributed by atoms with Gasteiger partial charge in [0, 0.05) is 6.20 Å². The summed E-state index contributed by atoms with van der Waals surface area (Å²) in [4.78, 5) is 16.9. The SMILES string of the molecule is CCCC1(C(=O)NCc2ncccc2CC)CCCN1. The van der Waals surface area contributed by atoms with Gasteiger partial charge in [-0.25, -0.2) is 0 Å². The maximum Gasteiger partial charge on any atom is 0.240 e. The molecule has 0 spiro atoms. The highest BCUT2D eigenvalue weighted by molar-refractivity contribution is 5.86. The molecule has 1 saturated heterocycles. The number of carbonyl (C=O) groups is 1. The molecule has 1 aliphatic heterocycles. The van der Waals surface area contributed by atoms with E-state index in [9.17, 15) is 4.79 Å². The summed E-state index contributed by atoms with van der Waals surface area (Å²) in [6.45, 7) is 5.70. The fourth-order valence-electron chi connectivity index (χ4n) is 3.04. The van der Waals surface area contributed by atoms with Gasteiger partial charge in [-0.3, -0.25) is 9.78 Å². The first-order valence-corrected chi connectivity index (χ1v) is 7.68. The molecule has 0 radical (unpaired) electrons. The van der Waals surface area contributed by atoms with Crippen LogP contribution >= 0.6 is 0 Å². The smallest absolute Gasteiger partial charge is 0.240 e. The zero-order valence-electron chi connectivity index (χ0n) is 12.5. The van der Waals surface area contributed by atoms with Gasteiger partial charge < -0.3 is 10.6 Å². The molecule has 2 heterocycles. The van der Waals surface area contributed by atoms with Crippen molar-refractivity contribution in [3.8, 4) is 0 Å². The van der Waals surface area contributed by atoms with E-state index in [1.807, 2.05) is 6.07 Å². The quantitative estimate of drug-likeness (QED) is 0.836. The van der Waals surface area contributed by atoms with Gasteiger partial charge in [-0.15, -0.1) is 0 Å². The second-order valence-electron chi connectivity index (χ2n) is 5.51. The highest BCUT2D eigenvalue weighted by Gasteiger charge is 2.39. The summed E-state index contributed by atoms with van der Waals surface area (Å²) in [6.07, 6.45) is 6.67. The highest BCUT2D eigenvalue weighted by Crippen LogP contribution is 2.25. The molecule has 1 fully saturated rings.